The van der Waals surface area contributed by atoms with Crippen molar-refractivity contribution in [1.82, 2.24) is 10.2 Å². The molecule has 0 radical (unpaired) electrons. The first-order chi connectivity index (χ1) is 19.4. The van der Waals surface area contributed by atoms with Crippen molar-refractivity contribution >= 4 is 39.1 Å². The Kier molecular flexibility index (Phi) is 11.4. The number of nitrogens with one attached hydrogen (secondary N) is 1. The van der Waals surface area contributed by atoms with Crippen molar-refractivity contribution in [3.8, 4) is 0 Å². The summed E-state index contributed by atoms with van der Waals surface area (Å²) in [7, 11) is -3.84. The minimum absolute atomic E-state index is 0.0304. The van der Waals surface area contributed by atoms with Gasteiger partial charge in [-0.05, 0) is 54.2 Å². The number of hydrogen-bond donors (Lipinski definition) is 1. The minimum Gasteiger partial charge on any atom is -0.352 e. The van der Waals surface area contributed by atoms with E-state index in [9.17, 15) is 18.0 Å². The first-order valence-electron chi connectivity index (χ1n) is 13.9. The van der Waals surface area contributed by atoms with Gasteiger partial charge in [0.05, 0.1) is 11.9 Å². The molecule has 2 amide bonds. The molecule has 2 unspecified atom stereocenters. The van der Waals surface area contributed by atoms with Crippen molar-refractivity contribution in [1.29, 1.82) is 0 Å². The molecule has 0 saturated heterocycles. The molecule has 220 valence electrons. The number of sulfonamides is 1. The van der Waals surface area contributed by atoms with Crippen LogP contribution in [0.25, 0.3) is 0 Å². The first kappa shape index (κ1) is 32.2. The molecule has 0 aliphatic rings. The van der Waals surface area contributed by atoms with Gasteiger partial charge in [-0.3, -0.25) is 13.9 Å². The van der Waals surface area contributed by atoms with E-state index in [1.807, 2.05) is 70.2 Å². The smallest absolute Gasteiger partial charge is 0.244 e. The molecule has 0 fully saturated rings. The summed E-state index contributed by atoms with van der Waals surface area (Å²) in [5, 5.41) is 3.59. The summed E-state index contributed by atoms with van der Waals surface area (Å²) in [5.74, 6) is -0.744. The molecule has 0 spiro atoms. The molecular weight excluding hydrogens is 558 g/mol. The molecule has 9 heteroatoms. The normalized spacial score (nSPS) is 13.0. The first-order valence-corrected chi connectivity index (χ1v) is 16.1. The van der Waals surface area contributed by atoms with Crippen molar-refractivity contribution in [3.05, 3.63) is 101 Å². The summed E-state index contributed by atoms with van der Waals surface area (Å²) in [5.41, 5.74) is 2.92. The molecular formula is C32H40ClN3O4S. The van der Waals surface area contributed by atoms with E-state index < -0.39 is 28.5 Å². The molecule has 0 aliphatic carbocycles. The Bertz CT molecular complexity index is 1410. The number of nitrogens with zero attached hydrogens (tertiary/aromatic N) is 2. The fraction of sp³-hybridized carbons (Fsp3) is 0.375. The summed E-state index contributed by atoms with van der Waals surface area (Å²) in [6.45, 7) is 7.50. The van der Waals surface area contributed by atoms with Gasteiger partial charge >= 0.3 is 0 Å². The number of hydrogen-bond acceptors (Lipinski definition) is 4. The molecule has 7 nitrogen and oxygen atoms in total. The monoisotopic (exact) mass is 597 g/mol. The average molecular weight is 598 g/mol. The zero-order valence-corrected chi connectivity index (χ0v) is 26.0. The van der Waals surface area contributed by atoms with Crippen molar-refractivity contribution in [2.24, 2.45) is 0 Å². The van der Waals surface area contributed by atoms with E-state index in [-0.39, 0.29) is 30.8 Å². The lowest BCUT2D eigenvalue weighted by atomic mass is 10.0. The number of para-hydroxylation sites is 1. The molecule has 0 bridgehead atoms. The Hall–Kier alpha value is -3.36. The number of amides is 2. The van der Waals surface area contributed by atoms with Crippen LogP contribution >= 0.6 is 11.6 Å². The van der Waals surface area contributed by atoms with E-state index >= 15 is 0 Å². The maximum atomic E-state index is 14.2. The molecule has 3 aromatic carbocycles. The predicted molar refractivity (Wildman–Crippen MR) is 167 cm³/mol. The van der Waals surface area contributed by atoms with E-state index in [0.717, 1.165) is 33.7 Å². The Balaban J connectivity index is 2.09. The van der Waals surface area contributed by atoms with Gasteiger partial charge in [-0.2, -0.15) is 0 Å². The maximum absolute atomic E-state index is 14.2. The second-order valence-electron chi connectivity index (χ2n) is 10.7. The van der Waals surface area contributed by atoms with Gasteiger partial charge in [-0.15, -0.1) is 0 Å². The van der Waals surface area contributed by atoms with Gasteiger partial charge in [0, 0.05) is 24.0 Å². The molecule has 0 aromatic heterocycles. The van der Waals surface area contributed by atoms with Gasteiger partial charge < -0.3 is 10.2 Å². The van der Waals surface area contributed by atoms with Gasteiger partial charge in [0.2, 0.25) is 21.8 Å². The van der Waals surface area contributed by atoms with Crippen LogP contribution in [0, 0.1) is 0 Å². The maximum Gasteiger partial charge on any atom is 0.244 e. The van der Waals surface area contributed by atoms with Crippen LogP contribution in [0.1, 0.15) is 56.7 Å². The van der Waals surface area contributed by atoms with Crippen LogP contribution in [0.15, 0.2) is 78.9 Å². The molecule has 2 atom stereocenters. The molecule has 0 saturated carbocycles. The third-order valence-electron chi connectivity index (χ3n) is 7.04. The molecule has 3 rings (SSSR count). The number of halogens is 1. The van der Waals surface area contributed by atoms with Crippen LogP contribution in [-0.4, -0.2) is 50.0 Å². The second-order valence-corrected chi connectivity index (χ2v) is 13.0. The highest BCUT2D eigenvalue weighted by molar-refractivity contribution is 7.92. The van der Waals surface area contributed by atoms with Gasteiger partial charge in [0.1, 0.15) is 12.6 Å². The summed E-state index contributed by atoms with van der Waals surface area (Å²) in [6.07, 6.45) is 2.09. The molecule has 3 aromatic rings. The number of anilines is 1. The predicted octanol–water partition coefficient (Wildman–Crippen LogP) is 5.78. The van der Waals surface area contributed by atoms with E-state index in [2.05, 4.69) is 5.32 Å². The number of rotatable bonds is 13. The zero-order valence-electron chi connectivity index (χ0n) is 24.4. The molecule has 0 heterocycles. The van der Waals surface area contributed by atoms with Crippen molar-refractivity contribution < 1.29 is 18.0 Å². The summed E-state index contributed by atoms with van der Waals surface area (Å²) in [6, 6.07) is 22.8. The van der Waals surface area contributed by atoms with Crippen LogP contribution in [-0.2, 0) is 32.6 Å². The molecule has 0 aliphatic heterocycles. The van der Waals surface area contributed by atoms with E-state index in [1.54, 1.807) is 36.4 Å². The molecule has 41 heavy (non-hydrogen) atoms. The summed E-state index contributed by atoms with van der Waals surface area (Å²) < 4.78 is 27.3. The van der Waals surface area contributed by atoms with Crippen molar-refractivity contribution in [2.45, 2.75) is 65.1 Å². The van der Waals surface area contributed by atoms with E-state index in [0.29, 0.717) is 10.7 Å². The van der Waals surface area contributed by atoms with Gasteiger partial charge in [-0.1, -0.05) is 93.0 Å². The van der Waals surface area contributed by atoms with Gasteiger partial charge in [0.25, 0.3) is 0 Å². The highest BCUT2D eigenvalue weighted by Crippen LogP contribution is 2.29. The molecule has 1 N–H and O–H groups in total. The SMILES string of the molecule is CCC(C)NC(=O)C(Cc1ccccc1)N(Cc1ccc(Cl)cc1)C(=O)CN(c1ccccc1C(C)C)S(C)(=O)=O. The van der Waals surface area contributed by atoms with E-state index in [4.69, 9.17) is 11.6 Å². The zero-order chi connectivity index (χ0) is 30.2. The van der Waals surface area contributed by atoms with Crippen molar-refractivity contribution in [2.75, 3.05) is 17.1 Å². The topological polar surface area (TPSA) is 86.8 Å². The lowest BCUT2D eigenvalue weighted by Gasteiger charge is -2.34. The van der Waals surface area contributed by atoms with Crippen LogP contribution in [0.2, 0.25) is 5.02 Å². The summed E-state index contributed by atoms with van der Waals surface area (Å²) >= 11 is 6.11. The fourth-order valence-electron chi connectivity index (χ4n) is 4.58. The van der Waals surface area contributed by atoms with Gasteiger partial charge in [0.15, 0.2) is 0 Å². The van der Waals surface area contributed by atoms with E-state index in [1.165, 1.54) is 4.90 Å². The van der Waals surface area contributed by atoms with Crippen LogP contribution in [0.4, 0.5) is 5.69 Å². The third kappa shape index (κ3) is 9.07. The standard InChI is InChI=1S/C32H40ClN3O4S/c1-6-24(4)34-32(38)30(20-25-12-8-7-9-13-25)35(21-26-16-18-27(33)19-17-26)31(37)22-36(41(5,39)40)29-15-11-10-14-28(29)23(2)3/h7-19,23-24,30H,6,20-22H2,1-5H3,(H,34,38). The quantitative estimate of drug-likeness (QED) is 0.270. The lowest BCUT2D eigenvalue weighted by molar-refractivity contribution is -0.140. The second kappa shape index (κ2) is 14.5. The Morgan fingerprint density at radius 1 is 0.878 bits per heavy atom. The minimum atomic E-state index is -3.84. The van der Waals surface area contributed by atoms with Crippen LogP contribution < -0.4 is 9.62 Å². The third-order valence-corrected chi connectivity index (χ3v) is 8.42. The largest absolute Gasteiger partial charge is 0.352 e. The number of carbonyl (C=O) groups excluding carboxylic acids is 2. The number of carbonyl (C=O) groups is 2. The highest BCUT2D eigenvalue weighted by atomic mass is 35.5. The Labute approximate surface area is 249 Å². The highest BCUT2D eigenvalue weighted by Gasteiger charge is 2.34. The Morgan fingerprint density at radius 2 is 1.49 bits per heavy atom. The fourth-order valence-corrected chi connectivity index (χ4v) is 5.57. The lowest BCUT2D eigenvalue weighted by Crippen LogP contribution is -2.54. The van der Waals surface area contributed by atoms with Gasteiger partial charge in [-0.25, -0.2) is 8.42 Å². The average Bonchev–Trinajstić information content (AvgIpc) is 2.94. The number of benzene rings is 3. The Morgan fingerprint density at radius 3 is 2.07 bits per heavy atom. The van der Waals surface area contributed by atoms with Crippen molar-refractivity contribution in [3.63, 3.8) is 0 Å². The van der Waals surface area contributed by atoms with Crippen LogP contribution in [0.3, 0.4) is 0 Å². The van der Waals surface area contributed by atoms with Crippen LogP contribution in [0.5, 0.6) is 0 Å². The summed E-state index contributed by atoms with van der Waals surface area (Å²) in [4.78, 5) is 29.5.